The maximum absolute atomic E-state index is 11.1. The summed E-state index contributed by atoms with van der Waals surface area (Å²) in [5.41, 5.74) is 1.66. The van der Waals surface area contributed by atoms with Crippen LogP contribution in [-0.2, 0) is 17.3 Å². The van der Waals surface area contributed by atoms with Gasteiger partial charge >= 0.3 is 5.97 Å². The van der Waals surface area contributed by atoms with E-state index in [9.17, 15) is 4.79 Å². The lowest BCUT2D eigenvalue weighted by atomic mass is 9.91. The molecule has 1 atom stereocenters. The van der Waals surface area contributed by atoms with Crippen LogP contribution in [0.25, 0.3) is 0 Å². The van der Waals surface area contributed by atoms with Crippen molar-refractivity contribution in [3.63, 3.8) is 0 Å². The van der Waals surface area contributed by atoms with Crippen molar-refractivity contribution in [3.8, 4) is 0 Å². The average Bonchev–Trinajstić information content (AvgIpc) is 2.48. The molecule has 0 spiro atoms. The normalized spacial score (nSPS) is 13.8. The summed E-state index contributed by atoms with van der Waals surface area (Å²) in [5, 5.41) is 13.5. The first-order valence-electron chi connectivity index (χ1n) is 5.54. The molecule has 0 bridgehead atoms. The smallest absolute Gasteiger partial charge is 0.312 e. The monoisotopic (exact) mass is 224 g/mol. The Morgan fingerprint density at radius 3 is 2.44 bits per heavy atom. The second kappa shape index (κ2) is 4.28. The van der Waals surface area contributed by atoms with Crippen LogP contribution >= 0.6 is 0 Å². The van der Waals surface area contributed by atoms with Crippen LogP contribution < -0.4 is 0 Å². The second-order valence-electron chi connectivity index (χ2n) is 5.13. The maximum Gasteiger partial charge on any atom is 0.312 e. The van der Waals surface area contributed by atoms with Crippen LogP contribution in [0.3, 0.4) is 0 Å². The minimum atomic E-state index is -0.786. The lowest BCUT2D eigenvalue weighted by Gasteiger charge is -2.13. The molecule has 1 unspecified atom stereocenters. The molecule has 0 aliphatic rings. The summed E-state index contributed by atoms with van der Waals surface area (Å²) in [6, 6.07) is 1.91. The first-order chi connectivity index (χ1) is 7.27. The van der Waals surface area contributed by atoms with Gasteiger partial charge in [0.1, 0.15) is 0 Å². The van der Waals surface area contributed by atoms with Crippen molar-refractivity contribution >= 4 is 5.97 Å². The zero-order valence-electron chi connectivity index (χ0n) is 10.6. The molecule has 16 heavy (non-hydrogen) atoms. The molecule has 1 N–H and O–H groups in total. The molecule has 0 fully saturated rings. The van der Waals surface area contributed by atoms with Crippen molar-refractivity contribution in [1.29, 1.82) is 0 Å². The van der Waals surface area contributed by atoms with Crippen molar-refractivity contribution in [2.45, 2.75) is 45.4 Å². The minimum Gasteiger partial charge on any atom is -0.481 e. The summed E-state index contributed by atoms with van der Waals surface area (Å²) in [5.74, 6) is -1.25. The van der Waals surface area contributed by atoms with Crippen LogP contribution in [0.2, 0.25) is 0 Å². The average molecular weight is 224 g/mol. The van der Waals surface area contributed by atoms with E-state index in [0.717, 1.165) is 11.4 Å². The van der Waals surface area contributed by atoms with Gasteiger partial charge in [0.05, 0.1) is 17.3 Å². The standard InChI is InChI=1S/C12H20N2O2/c1-6-8(11(15)16)9-7-10(12(2,3)4)13-14(9)5/h7-8H,6H2,1-5H3,(H,15,16). The molecule has 4 heteroatoms. The third kappa shape index (κ3) is 2.43. The zero-order valence-corrected chi connectivity index (χ0v) is 10.6. The number of carbonyl (C=O) groups is 1. The van der Waals surface area contributed by atoms with Gasteiger partial charge in [0.15, 0.2) is 0 Å². The van der Waals surface area contributed by atoms with E-state index >= 15 is 0 Å². The first-order valence-corrected chi connectivity index (χ1v) is 5.54. The summed E-state index contributed by atoms with van der Waals surface area (Å²) in [7, 11) is 1.80. The van der Waals surface area contributed by atoms with Crippen LogP contribution in [0.4, 0.5) is 0 Å². The van der Waals surface area contributed by atoms with Gasteiger partial charge in [0.2, 0.25) is 0 Å². The van der Waals surface area contributed by atoms with Gasteiger partial charge in [-0.15, -0.1) is 0 Å². The molecule has 0 amide bonds. The number of carboxylic acid groups (broad SMARTS) is 1. The minimum absolute atomic E-state index is 0.0488. The number of hydrogen-bond donors (Lipinski definition) is 1. The van der Waals surface area contributed by atoms with Gasteiger partial charge in [-0.25, -0.2) is 0 Å². The summed E-state index contributed by atoms with van der Waals surface area (Å²) in [4.78, 5) is 11.1. The van der Waals surface area contributed by atoms with Crippen molar-refractivity contribution in [3.05, 3.63) is 17.5 Å². The van der Waals surface area contributed by atoms with Crippen molar-refractivity contribution in [2.24, 2.45) is 7.05 Å². The van der Waals surface area contributed by atoms with Crippen LogP contribution in [0.1, 0.15) is 51.4 Å². The lowest BCUT2D eigenvalue weighted by molar-refractivity contribution is -0.139. The maximum atomic E-state index is 11.1. The molecular formula is C12H20N2O2. The molecule has 4 nitrogen and oxygen atoms in total. The quantitative estimate of drug-likeness (QED) is 0.857. The van der Waals surface area contributed by atoms with E-state index in [4.69, 9.17) is 5.11 Å². The van der Waals surface area contributed by atoms with Crippen LogP contribution in [0, 0.1) is 0 Å². The molecule has 1 rings (SSSR count). The van der Waals surface area contributed by atoms with Crippen molar-refractivity contribution < 1.29 is 9.90 Å². The largest absolute Gasteiger partial charge is 0.481 e. The van der Waals surface area contributed by atoms with E-state index in [-0.39, 0.29) is 5.41 Å². The molecule has 0 radical (unpaired) electrons. The molecule has 0 aliphatic carbocycles. The molecule has 0 aliphatic heterocycles. The summed E-state index contributed by atoms with van der Waals surface area (Å²) < 4.78 is 1.68. The van der Waals surface area contributed by atoms with Crippen molar-refractivity contribution in [2.75, 3.05) is 0 Å². The Kier molecular flexibility index (Phi) is 3.41. The van der Waals surface area contributed by atoms with E-state index in [1.165, 1.54) is 0 Å². The number of aliphatic carboxylic acids is 1. The van der Waals surface area contributed by atoms with E-state index < -0.39 is 11.9 Å². The number of hydrogen-bond acceptors (Lipinski definition) is 2. The van der Waals surface area contributed by atoms with Crippen LogP contribution in [0.5, 0.6) is 0 Å². The molecule has 0 aromatic carbocycles. The highest BCUT2D eigenvalue weighted by atomic mass is 16.4. The van der Waals surface area contributed by atoms with E-state index in [1.807, 2.05) is 13.0 Å². The zero-order chi connectivity index (χ0) is 12.5. The van der Waals surface area contributed by atoms with Gasteiger partial charge in [-0.1, -0.05) is 27.7 Å². The predicted octanol–water partition coefficient (Wildman–Crippen LogP) is 2.30. The molecule has 1 aromatic rings. The van der Waals surface area contributed by atoms with Gasteiger partial charge in [-0.3, -0.25) is 9.48 Å². The van der Waals surface area contributed by atoms with Gasteiger partial charge in [-0.2, -0.15) is 5.10 Å². The summed E-state index contributed by atoms with van der Waals surface area (Å²) >= 11 is 0. The fourth-order valence-corrected chi connectivity index (χ4v) is 1.68. The summed E-state index contributed by atoms with van der Waals surface area (Å²) in [6.07, 6.45) is 0.582. The number of aryl methyl sites for hydroxylation is 1. The molecule has 1 aromatic heterocycles. The highest BCUT2D eigenvalue weighted by Crippen LogP contribution is 2.26. The Labute approximate surface area is 96.3 Å². The predicted molar refractivity (Wildman–Crippen MR) is 62.6 cm³/mol. The third-order valence-electron chi connectivity index (χ3n) is 2.75. The van der Waals surface area contributed by atoms with E-state index in [1.54, 1.807) is 11.7 Å². The topological polar surface area (TPSA) is 55.1 Å². The van der Waals surface area contributed by atoms with Gasteiger partial charge in [0.25, 0.3) is 0 Å². The highest BCUT2D eigenvalue weighted by Gasteiger charge is 2.25. The number of rotatable bonds is 3. The Morgan fingerprint density at radius 1 is 1.56 bits per heavy atom. The Morgan fingerprint density at radius 2 is 2.12 bits per heavy atom. The van der Waals surface area contributed by atoms with Gasteiger partial charge < -0.3 is 5.11 Å². The fourth-order valence-electron chi connectivity index (χ4n) is 1.68. The Balaban J connectivity index is 3.15. The number of nitrogens with zero attached hydrogens (tertiary/aromatic N) is 2. The number of carboxylic acids is 1. The lowest BCUT2D eigenvalue weighted by Crippen LogP contribution is -2.14. The van der Waals surface area contributed by atoms with E-state index in [0.29, 0.717) is 6.42 Å². The highest BCUT2D eigenvalue weighted by molar-refractivity contribution is 5.75. The molecule has 90 valence electrons. The van der Waals surface area contributed by atoms with Crippen LogP contribution in [-0.4, -0.2) is 20.9 Å². The SMILES string of the molecule is CCC(C(=O)O)c1cc(C(C)(C)C)nn1C. The van der Waals surface area contributed by atoms with Gasteiger partial charge in [0, 0.05) is 12.5 Å². The third-order valence-corrected chi connectivity index (χ3v) is 2.75. The van der Waals surface area contributed by atoms with Crippen LogP contribution in [0.15, 0.2) is 6.07 Å². The molecule has 0 saturated heterocycles. The molecule has 0 saturated carbocycles. The van der Waals surface area contributed by atoms with E-state index in [2.05, 4.69) is 25.9 Å². The van der Waals surface area contributed by atoms with Gasteiger partial charge in [-0.05, 0) is 12.5 Å². The number of aromatic nitrogens is 2. The fraction of sp³-hybridized carbons (Fsp3) is 0.667. The molecule has 1 heterocycles. The summed E-state index contributed by atoms with van der Waals surface area (Å²) in [6.45, 7) is 8.09. The first kappa shape index (κ1) is 12.7. The Bertz CT molecular complexity index is 388. The second-order valence-corrected chi connectivity index (χ2v) is 5.13. The van der Waals surface area contributed by atoms with Crippen molar-refractivity contribution in [1.82, 2.24) is 9.78 Å². The Hall–Kier alpha value is -1.32. The molecular weight excluding hydrogens is 204 g/mol.